The molecule has 20 nitrogen and oxygen atoms in total. The zero-order valence-corrected chi connectivity index (χ0v) is 40.5. The first kappa shape index (κ1) is 60.8. The van der Waals surface area contributed by atoms with E-state index < -0.39 is 91.3 Å². The van der Waals surface area contributed by atoms with Gasteiger partial charge in [-0.25, -0.2) is 13.7 Å². The number of phosphoric ester groups is 3. The highest BCUT2D eigenvalue weighted by atomic mass is 31.2. The summed E-state index contributed by atoms with van der Waals surface area (Å²) in [5.74, 6) is -1.01. The summed E-state index contributed by atoms with van der Waals surface area (Å²) in [6, 6.07) is 0. The number of hydrogen-bond donors (Lipinski definition) is 8. The van der Waals surface area contributed by atoms with Gasteiger partial charge >= 0.3 is 35.4 Å². The molecule has 1 rings (SSSR count). The van der Waals surface area contributed by atoms with E-state index in [2.05, 4.69) is 16.0 Å². The van der Waals surface area contributed by atoms with Crippen LogP contribution in [0, 0.1) is 0 Å². The maximum atomic E-state index is 13.1. The van der Waals surface area contributed by atoms with Gasteiger partial charge in [-0.1, -0.05) is 136 Å². The molecule has 64 heavy (non-hydrogen) atoms. The highest BCUT2D eigenvalue weighted by Gasteiger charge is 2.56. The van der Waals surface area contributed by atoms with Gasteiger partial charge in [-0.2, -0.15) is 0 Å². The fourth-order valence-electron chi connectivity index (χ4n) is 7.35. The summed E-state index contributed by atoms with van der Waals surface area (Å²) < 4.78 is 65.3. The first-order valence-electron chi connectivity index (χ1n) is 23.2. The lowest BCUT2D eigenvalue weighted by Crippen LogP contribution is -2.65. The summed E-state index contributed by atoms with van der Waals surface area (Å²) in [6.45, 7) is 2.69. The molecule has 4 unspecified atom stereocenters. The number of phosphoric acid groups is 3. The zero-order chi connectivity index (χ0) is 48.0. The summed E-state index contributed by atoms with van der Waals surface area (Å²) in [5.41, 5.74) is 0. The van der Waals surface area contributed by atoms with Gasteiger partial charge < -0.3 is 49.3 Å². The molecule has 0 aromatic rings. The van der Waals surface area contributed by atoms with Crippen molar-refractivity contribution in [2.45, 2.75) is 230 Å². The SMILES string of the molecule is CCCCCCCCCCCCCCCC(=O)O[C@H](COC(=O)CCCCCCCCCCCC(=O)CCC)COP(=O)(O)OC1C(O)[C@@H](O)C(OP(=O)(O)O)[C@@H](OP(=O)(O)O)[C@H]1O. The van der Waals surface area contributed by atoms with Crippen LogP contribution in [0.25, 0.3) is 0 Å². The Hall–Kier alpha value is -1.18. The number of esters is 2. The second-order valence-electron chi connectivity index (χ2n) is 16.7. The monoisotopic (exact) mass is 984 g/mol. The minimum atomic E-state index is -5.60. The van der Waals surface area contributed by atoms with E-state index in [1.165, 1.54) is 44.9 Å². The molecular formula is C41H79O20P3. The van der Waals surface area contributed by atoms with E-state index in [1.807, 2.05) is 6.92 Å². The predicted octanol–water partition coefficient (Wildman–Crippen LogP) is 7.14. The maximum absolute atomic E-state index is 13.1. The van der Waals surface area contributed by atoms with Crippen molar-refractivity contribution in [1.82, 2.24) is 0 Å². The van der Waals surface area contributed by atoms with Crippen molar-refractivity contribution >= 4 is 41.2 Å². The van der Waals surface area contributed by atoms with Crippen LogP contribution in [-0.2, 0) is 55.6 Å². The number of aliphatic hydroxyl groups excluding tert-OH is 3. The van der Waals surface area contributed by atoms with Crippen molar-refractivity contribution in [1.29, 1.82) is 0 Å². The van der Waals surface area contributed by atoms with Crippen LogP contribution in [0.3, 0.4) is 0 Å². The van der Waals surface area contributed by atoms with Crippen LogP contribution in [0.5, 0.6) is 0 Å². The summed E-state index contributed by atoms with van der Waals surface area (Å²) in [6.07, 6.45) is 8.35. The lowest BCUT2D eigenvalue weighted by molar-refractivity contribution is -0.213. The molecule has 8 atom stereocenters. The normalized spacial score (nSPS) is 21.9. The highest BCUT2D eigenvalue weighted by molar-refractivity contribution is 7.47. The predicted molar refractivity (Wildman–Crippen MR) is 234 cm³/mol. The van der Waals surface area contributed by atoms with Gasteiger partial charge in [0.2, 0.25) is 0 Å². The minimum absolute atomic E-state index is 0.00865. The largest absolute Gasteiger partial charge is 0.472 e. The van der Waals surface area contributed by atoms with Crippen molar-refractivity contribution in [3.05, 3.63) is 0 Å². The van der Waals surface area contributed by atoms with E-state index in [0.717, 1.165) is 89.9 Å². The molecule has 1 saturated carbocycles. The van der Waals surface area contributed by atoms with Gasteiger partial charge in [0.1, 0.15) is 49.0 Å². The third kappa shape index (κ3) is 30.3. The molecule has 23 heteroatoms. The van der Waals surface area contributed by atoms with E-state index in [9.17, 15) is 67.9 Å². The summed E-state index contributed by atoms with van der Waals surface area (Å²) in [5, 5.41) is 31.8. The summed E-state index contributed by atoms with van der Waals surface area (Å²) >= 11 is 0. The molecule has 1 fully saturated rings. The lowest BCUT2D eigenvalue weighted by atomic mass is 9.85. The van der Waals surface area contributed by atoms with Crippen LogP contribution in [-0.4, -0.2) is 113 Å². The third-order valence-electron chi connectivity index (χ3n) is 10.8. The maximum Gasteiger partial charge on any atom is 0.472 e. The Morgan fingerprint density at radius 2 is 0.844 bits per heavy atom. The van der Waals surface area contributed by atoms with Gasteiger partial charge in [0.15, 0.2) is 6.10 Å². The quantitative estimate of drug-likeness (QED) is 0.0172. The van der Waals surface area contributed by atoms with E-state index >= 15 is 0 Å². The van der Waals surface area contributed by atoms with E-state index in [4.69, 9.17) is 18.5 Å². The number of Topliss-reactive ketones (excluding diaryl/α,β-unsaturated/α-hetero) is 1. The Balaban J connectivity index is 2.74. The second kappa shape index (κ2) is 34.2. The standard InChI is InChI=1S/C41H79O20P3/c1-3-5-6-7-8-9-10-11-12-15-19-22-25-29-35(44)58-33(30-56-34(43)28-24-21-18-16-13-14-17-20-23-27-32(42)26-4-2)31-57-64(54,55)61-39-36(45)37(46)40(59-62(48,49)50)41(38(39)47)60-63(51,52)53/h33,36-41,45-47H,3-31H2,1-2H3,(H,54,55)(H2,48,49,50)(H2,51,52,53)/t33-,36?,37-,38+,39?,40?,41+/m1/s1. The Labute approximate surface area is 378 Å². The van der Waals surface area contributed by atoms with E-state index in [1.54, 1.807) is 0 Å². The van der Waals surface area contributed by atoms with Crippen LogP contribution in [0.15, 0.2) is 0 Å². The molecule has 0 radical (unpaired) electrons. The van der Waals surface area contributed by atoms with Gasteiger partial charge in [-0.05, 0) is 25.7 Å². The van der Waals surface area contributed by atoms with Gasteiger partial charge in [0.05, 0.1) is 6.61 Å². The van der Waals surface area contributed by atoms with Crippen LogP contribution < -0.4 is 0 Å². The van der Waals surface area contributed by atoms with E-state index in [-0.39, 0.29) is 12.8 Å². The van der Waals surface area contributed by atoms with Crippen molar-refractivity contribution in [2.75, 3.05) is 13.2 Å². The number of hydrogen-bond acceptors (Lipinski definition) is 15. The molecule has 0 amide bonds. The van der Waals surface area contributed by atoms with Crippen molar-refractivity contribution in [2.24, 2.45) is 0 Å². The fourth-order valence-corrected chi connectivity index (χ4v) is 9.45. The number of unbranched alkanes of at least 4 members (excludes halogenated alkanes) is 20. The third-order valence-corrected chi connectivity index (χ3v) is 12.8. The molecule has 0 heterocycles. The van der Waals surface area contributed by atoms with Crippen LogP contribution in [0.4, 0.5) is 0 Å². The first-order valence-corrected chi connectivity index (χ1v) is 27.8. The molecule has 0 saturated heterocycles. The van der Waals surface area contributed by atoms with Gasteiger partial charge in [0.25, 0.3) is 0 Å². The Bertz CT molecular complexity index is 1420. The molecule has 0 bridgehead atoms. The molecule has 0 aromatic heterocycles. The van der Waals surface area contributed by atoms with Crippen LogP contribution in [0.1, 0.15) is 187 Å². The topological polar surface area (TPSA) is 320 Å². The Morgan fingerprint density at radius 1 is 0.453 bits per heavy atom. The van der Waals surface area contributed by atoms with Crippen molar-refractivity contribution in [3.63, 3.8) is 0 Å². The average Bonchev–Trinajstić information content (AvgIpc) is 3.21. The number of carbonyl (C=O) groups excluding carboxylic acids is 3. The average molecular weight is 985 g/mol. The number of ketones is 1. The smallest absolute Gasteiger partial charge is 0.462 e. The van der Waals surface area contributed by atoms with Gasteiger partial charge in [0, 0.05) is 25.7 Å². The molecular weight excluding hydrogens is 905 g/mol. The number of ether oxygens (including phenoxy) is 2. The van der Waals surface area contributed by atoms with Crippen molar-refractivity contribution < 1.29 is 95.4 Å². The zero-order valence-electron chi connectivity index (χ0n) is 37.9. The lowest BCUT2D eigenvalue weighted by Gasteiger charge is -2.44. The van der Waals surface area contributed by atoms with Gasteiger partial charge in [-0.3, -0.25) is 32.5 Å². The highest BCUT2D eigenvalue weighted by Crippen LogP contribution is 2.51. The fraction of sp³-hybridized carbons (Fsp3) is 0.927. The Morgan fingerprint density at radius 3 is 1.28 bits per heavy atom. The summed E-state index contributed by atoms with van der Waals surface area (Å²) in [7, 11) is -16.6. The molecule has 0 aliphatic heterocycles. The van der Waals surface area contributed by atoms with Crippen LogP contribution in [0.2, 0.25) is 0 Å². The molecule has 0 aromatic carbocycles. The molecule has 378 valence electrons. The first-order chi connectivity index (χ1) is 30.2. The van der Waals surface area contributed by atoms with Gasteiger partial charge in [-0.15, -0.1) is 0 Å². The number of aliphatic hydroxyl groups is 3. The summed E-state index contributed by atoms with van der Waals surface area (Å²) in [4.78, 5) is 84.7. The number of carbonyl (C=O) groups is 3. The van der Waals surface area contributed by atoms with Crippen LogP contribution >= 0.6 is 23.5 Å². The number of rotatable bonds is 40. The molecule has 1 aliphatic rings. The Kier molecular flexibility index (Phi) is 32.5. The van der Waals surface area contributed by atoms with Crippen molar-refractivity contribution in [3.8, 4) is 0 Å². The van der Waals surface area contributed by atoms with E-state index in [0.29, 0.717) is 31.5 Å². The second-order valence-corrected chi connectivity index (χ2v) is 20.5. The molecule has 8 N–H and O–H groups in total. The minimum Gasteiger partial charge on any atom is -0.462 e. The molecule has 1 aliphatic carbocycles. The molecule has 0 spiro atoms.